The topological polar surface area (TPSA) is 24.4 Å². The lowest BCUT2D eigenvalue weighted by atomic mass is 9.83. The third-order valence-electron chi connectivity index (χ3n) is 4.34. The predicted molar refractivity (Wildman–Crippen MR) is 118 cm³/mol. The monoisotopic (exact) mass is 350 g/mol. The van der Waals surface area contributed by atoms with Gasteiger partial charge in [0.15, 0.2) is 0 Å². The van der Waals surface area contributed by atoms with Gasteiger partial charge in [-0.15, -0.1) is 0 Å². The molecular weight excluding hydrogens is 316 g/mol. The average Bonchev–Trinajstić information content (AvgIpc) is 2.67. The van der Waals surface area contributed by atoms with Gasteiger partial charge >= 0.3 is 0 Å². The van der Waals surface area contributed by atoms with Crippen LogP contribution in [0.4, 0.5) is 5.69 Å². The van der Waals surface area contributed by atoms with Crippen LogP contribution in [-0.4, -0.2) is 12.8 Å². The van der Waals surface area contributed by atoms with Crippen molar-refractivity contribution >= 4 is 11.9 Å². The van der Waals surface area contributed by atoms with Crippen LogP contribution >= 0.6 is 0 Å². The van der Waals surface area contributed by atoms with Crippen molar-refractivity contribution in [2.75, 3.05) is 11.9 Å². The zero-order valence-corrected chi connectivity index (χ0v) is 17.2. The molecule has 0 heterocycles. The van der Waals surface area contributed by atoms with Crippen molar-refractivity contribution in [3.63, 3.8) is 0 Å². The Hall–Kier alpha value is -2.35. The molecule has 0 aliphatic carbocycles. The van der Waals surface area contributed by atoms with Crippen LogP contribution in [0, 0.1) is 0 Å². The van der Waals surface area contributed by atoms with E-state index in [1.807, 2.05) is 20.1 Å². The summed E-state index contributed by atoms with van der Waals surface area (Å²) in [4.78, 5) is 4.68. The van der Waals surface area contributed by atoms with E-state index in [4.69, 9.17) is 0 Å². The third kappa shape index (κ3) is 6.18. The van der Waals surface area contributed by atoms with Crippen LogP contribution in [0.15, 0.2) is 76.5 Å². The number of nitrogens with zero attached hydrogens (tertiary/aromatic N) is 1. The Morgan fingerprint density at radius 2 is 1.92 bits per heavy atom. The fourth-order valence-corrected chi connectivity index (χ4v) is 2.89. The van der Waals surface area contributed by atoms with Crippen molar-refractivity contribution in [2.45, 2.75) is 53.9 Å². The number of rotatable bonds is 9. The first kappa shape index (κ1) is 21.7. The molecule has 0 radical (unpaired) electrons. The SMILES string of the molecule is CC=N/C(=C\C)C(C(=C/C=C\C)/C(C)=C/C)c1cccc(NCCC)c1. The van der Waals surface area contributed by atoms with Crippen LogP contribution in [0.1, 0.15) is 59.4 Å². The lowest BCUT2D eigenvalue weighted by Gasteiger charge is -2.23. The molecule has 2 nitrogen and oxygen atoms in total. The molecule has 0 bridgehead atoms. The van der Waals surface area contributed by atoms with E-state index in [9.17, 15) is 0 Å². The number of benzene rings is 1. The Labute approximate surface area is 160 Å². The summed E-state index contributed by atoms with van der Waals surface area (Å²) < 4.78 is 0. The summed E-state index contributed by atoms with van der Waals surface area (Å²) >= 11 is 0. The highest BCUT2D eigenvalue weighted by Gasteiger charge is 2.21. The van der Waals surface area contributed by atoms with E-state index in [-0.39, 0.29) is 5.92 Å². The summed E-state index contributed by atoms with van der Waals surface area (Å²) in [5.74, 6) is 0.104. The first-order chi connectivity index (χ1) is 12.6. The van der Waals surface area contributed by atoms with Gasteiger partial charge in [-0.2, -0.15) is 0 Å². The second-order valence-electron chi connectivity index (χ2n) is 6.21. The van der Waals surface area contributed by atoms with E-state index in [1.165, 1.54) is 16.7 Å². The van der Waals surface area contributed by atoms with Gasteiger partial charge in [0.2, 0.25) is 0 Å². The largest absolute Gasteiger partial charge is 0.385 e. The Bertz CT molecular complexity index is 703. The highest BCUT2D eigenvalue weighted by Crippen LogP contribution is 2.37. The van der Waals surface area contributed by atoms with Gasteiger partial charge in [0.25, 0.3) is 0 Å². The molecule has 0 fully saturated rings. The highest BCUT2D eigenvalue weighted by atomic mass is 14.9. The molecule has 1 rings (SSSR count). The summed E-state index contributed by atoms with van der Waals surface area (Å²) in [6.45, 7) is 13.5. The van der Waals surface area contributed by atoms with Gasteiger partial charge in [0.05, 0.1) is 5.92 Å². The van der Waals surface area contributed by atoms with Gasteiger partial charge in [0, 0.05) is 24.1 Å². The Balaban J connectivity index is 3.55. The number of allylic oxidation sites excluding steroid dienone is 7. The van der Waals surface area contributed by atoms with Crippen molar-refractivity contribution in [3.05, 3.63) is 77.1 Å². The van der Waals surface area contributed by atoms with Crippen molar-refractivity contribution in [1.82, 2.24) is 0 Å². The normalized spacial score (nSPS) is 15.1. The maximum absolute atomic E-state index is 4.68. The molecule has 140 valence electrons. The molecule has 1 aromatic carbocycles. The quantitative estimate of drug-likeness (QED) is 0.374. The van der Waals surface area contributed by atoms with E-state index in [0.717, 1.165) is 24.4 Å². The Kier molecular flexibility index (Phi) is 10.1. The second-order valence-corrected chi connectivity index (χ2v) is 6.21. The first-order valence-electron chi connectivity index (χ1n) is 9.57. The van der Waals surface area contributed by atoms with Crippen molar-refractivity contribution in [2.24, 2.45) is 4.99 Å². The Morgan fingerprint density at radius 3 is 2.50 bits per heavy atom. The van der Waals surface area contributed by atoms with E-state index in [2.05, 4.69) is 92.6 Å². The standard InChI is InChI=1S/C24H34N2/c1-7-12-16-22(19(6)9-3)24(23(10-4)25-11-5)20-14-13-15-21(18-20)26-17-8-2/h7,9-16,18,24,26H,8,17H2,1-6H3/b12-7-,19-9+,22-16+,23-10-,25-11?. The lowest BCUT2D eigenvalue weighted by Crippen LogP contribution is -2.08. The second kappa shape index (κ2) is 12.1. The van der Waals surface area contributed by atoms with Crippen LogP contribution in [0.5, 0.6) is 0 Å². The molecule has 0 aliphatic rings. The average molecular weight is 351 g/mol. The minimum Gasteiger partial charge on any atom is -0.385 e. The minimum absolute atomic E-state index is 0.104. The summed E-state index contributed by atoms with van der Waals surface area (Å²) in [7, 11) is 0. The van der Waals surface area contributed by atoms with Crippen molar-refractivity contribution in [1.29, 1.82) is 0 Å². The van der Waals surface area contributed by atoms with E-state index in [1.54, 1.807) is 0 Å². The van der Waals surface area contributed by atoms with E-state index >= 15 is 0 Å². The molecule has 0 saturated carbocycles. The van der Waals surface area contributed by atoms with Crippen LogP contribution < -0.4 is 5.32 Å². The summed E-state index contributed by atoms with van der Waals surface area (Å²) in [5, 5.41) is 3.50. The molecule has 0 saturated heterocycles. The molecule has 0 spiro atoms. The van der Waals surface area contributed by atoms with Crippen LogP contribution in [0.3, 0.4) is 0 Å². The molecule has 1 atom stereocenters. The van der Waals surface area contributed by atoms with Gasteiger partial charge in [-0.05, 0) is 64.3 Å². The minimum atomic E-state index is 0.104. The molecule has 1 aromatic rings. The number of nitrogens with one attached hydrogen (secondary N) is 1. The summed E-state index contributed by atoms with van der Waals surface area (Å²) in [6, 6.07) is 8.71. The lowest BCUT2D eigenvalue weighted by molar-refractivity contribution is 0.905. The van der Waals surface area contributed by atoms with Gasteiger partial charge in [0.1, 0.15) is 0 Å². The van der Waals surface area contributed by atoms with E-state index < -0.39 is 0 Å². The van der Waals surface area contributed by atoms with Crippen LogP contribution in [0.25, 0.3) is 0 Å². The maximum atomic E-state index is 4.68. The van der Waals surface area contributed by atoms with Crippen LogP contribution in [0.2, 0.25) is 0 Å². The van der Waals surface area contributed by atoms with Gasteiger partial charge in [-0.3, -0.25) is 4.99 Å². The molecule has 1 unspecified atom stereocenters. The zero-order valence-electron chi connectivity index (χ0n) is 17.2. The molecular formula is C24H34N2. The molecule has 2 heteroatoms. The molecule has 26 heavy (non-hydrogen) atoms. The van der Waals surface area contributed by atoms with E-state index in [0.29, 0.717) is 0 Å². The van der Waals surface area contributed by atoms with Gasteiger partial charge in [-0.1, -0.05) is 55.0 Å². The van der Waals surface area contributed by atoms with Gasteiger partial charge in [-0.25, -0.2) is 0 Å². The summed E-state index contributed by atoms with van der Waals surface area (Å²) in [5.41, 5.74) is 6.02. The van der Waals surface area contributed by atoms with Crippen molar-refractivity contribution < 1.29 is 0 Å². The molecule has 0 aromatic heterocycles. The third-order valence-corrected chi connectivity index (χ3v) is 4.34. The fraction of sp³-hybridized carbons (Fsp3) is 0.375. The molecule has 0 amide bonds. The maximum Gasteiger partial charge on any atom is 0.0512 e. The summed E-state index contributed by atoms with van der Waals surface area (Å²) in [6.07, 6.45) is 13.7. The highest BCUT2D eigenvalue weighted by molar-refractivity contribution is 5.59. The number of aliphatic imine (C=N–C) groups is 1. The number of hydrogen-bond acceptors (Lipinski definition) is 2. The smallest absolute Gasteiger partial charge is 0.0512 e. The zero-order chi connectivity index (χ0) is 19.4. The Morgan fingerprint density at radius 1 is 1.15 bits per heavy atom. The molecule has 1 N–H and O–H groups in total. The van der Waals surface area contributed by atoms with Gasteiger partial charge < -0.3 is 5.32 Å². The van der Waals surface area contributed by atoms with Crippen LogP contribution in [-0.2, 0) is 0 Å². The molecule has 0 aliphatic heterocycles. The van der Waals surface area contributed by atoms with Crippen molar-refractivity contribution in [3.8, 4) is 0 Å². The fourth-order valence-electron chi connectivity index (χ4n) is 2.89. The number of anilines is 1. The number of hydrogen-bond donors (Lipinski definition) is 1. The first-order valence-corrected chi connectivity index (χ1v) is 9.57. The predicted octanol–water partition coefficient (Wildman–Crippen LogP) is 7.06.